The van der Waals surface area contributed by atoms with E-state index >= 15 is 0 Å². The van der Waals surface area contributed by atoms with Gasteiger partial charge in [0, 0.05) is 44.5 Å². The monoisotopic (exact) mass is 365 g/mol. The lowest BCUT2D eigenvalue weighted by molar-refractivity contribution is 0.0668. The van der Waals surface area contributed by atoms with E-state index in [0.29, 0.717) is 30.4 Å². The highest BCUT2D eigenvalue weighted by molar-refractivity contribution is 5.92. The van der Waals surface area contributed by atoms with Crippen molar-refractivity contribution in [1.29, 1.82) is 0 Å². The van der Waals surface area contributed by atoms with Gasteiger partial charge in [-0.15, -0.1) is 0 Å². The summed E-state index contributed by atoms with van der Waals surface area (Å²) in [4.78, 5) is 27.9. The summed E-state index contributed by atoms with van der Waals surface area (Å²) in [6, 6.07) is 5.91. The number of aryl methyl sites for hydroxylation is 2. The van der Waals surface area contributed by atoms with Crippen LogP contribution in [-0.2, 0) is 6.54 Å². The average Bonchev–Trinajstić information content (AvgIpc) is 3.28. The summed E-state index contributed by atoms with van der Waals surface area (Å²) >= 11 is 0. The topological polar surface area (TPSA) is 77.1 Å². The Labute approximate surface area is 158 Å². The molecule has 140 valence electrons. The van der Waals surface area contributed by atoms with Gasteiger partial charge in [-0.2, -0.15) is 0 Å². The molecule has 1 saturated heterocycles. The molecule has 4 rings (SSSR count). The number of oxazole rings is 1. The quantitative estimate of drug-likeness (QED) is 0.710. The molecular formula is C20H23N5O2. The molecule has 1 atom stereocenters. The summed E-state index contributed by atoms with van der Waals surface area (Å²) in [5.41, 5.74) is 1.64. The highest BCUT2D eigenvalue weighted by Crippen LogP contribution is 2.27. The second-order valence-corrected chi connectivity index (χ2v) is 6.97. The molecule has 0 N–H and O–H groups in total. The molecule has 1 aliphatic heterocycles. The Morgan fingerprint density at radius 3 is 2.89 bits per heavy atom. The molecule has 7 nitrogen and oxygen atoms in total. The molecule has 0 spiro atoms. The minimum atomic E-state index is -0.0827. The molecule has 3 aromatic rings. The third-order valence-electron chi connectivity index (χ3n) is 4.98. The number of piperidine rings is 1. The van der Waals surface area contributed by atoms with E-state index in [0.717, 1.165) is 30.9 Å². The number of carbonyl (C=O) groups excluding carboxylic acids is 1. The second kappa shape index (κ2) is 7.34. The first-order chi connectivity index (χ1) is 13.1. The Bertz CT molecular complexity index is 931. The van der Waals surface area contributed by atoms with Gasteiger partial charge in [-0.3, -0.25) is 9.78 Å². The zero-order valence-corrected chi connectivity index (χ0v) is 15.6. The first-order valence-corrected chi connectivity index (χ1v) is 9.26. The van der Waals surface area contributed by atoms with Crippen molar-refractivity contribution >= 4 is 5.91 Å². The molecule has 27 heavy (non-hydrogen) atoms. The highest BCUT2D eigenvalue weighted by Gasteiger charge is 2.30. The first-order valence-electron chi connectivity index (χ1n) is 9.26. The molecule has 1 aliphatic rings. The van der Waals surface area contributed by atoms with Crippen LogP contribution in [0.15, 0.2) is 41.2 Å². The predicted molar refractivity (Wildman–Crippen MR) is 99.4 cm³/mol. The van der Waals surface area contributed by atoms with Gasteiger partial charge in [0.1, 0.15) is 5.82 Å². The largest absolute Gasteiger partial charge is 0.436 e. The van der Waals surface area contributed by atoms with Crippen molar-refractivity contribution < 1.29 is 9.21 Å². The van der Waals surface area contributed by atoms with Crippen LogP contribution in [0.5, 0.6) is 0 Å². The van der Waals surface area contributed by atoms with Gasteiger partial charge >= 0.3 is 0 Å². The number of hydrogen-bond acceptors (Lipinski definition) is 5. The molecule has 4 heterocycles. The van der Waals surface area contributed by atoms with Crippen LogP contribution in [0.25, 0.3) is 0 Å². The number of amides is 1. The van der Waals surface area contributed by atoms with Crippen molar-refractivity contribution in [2.24, 2.45) is 0 Å². The summed E-state index contributed by atoms with van der Waals surface area (Å²) in [5.74, 6) is 2.00. The van der Waals surface area contributed by atoms with E-state index in [4.69, 9.17) is 4.42 Å². The van der Waals surface area contributed by atoms with Gasteiger partial charge < -0.3 is 13.9 Å². The summed E-state index contributed by atoms with van der Waals surface area (Å²) in [6.07, 6.45) is 7.56. The van der Waals surface area contributed by atoms with Gasteiger partial charge in [-0.1, -0.05) is 6.07 Å². The van der Waals surface area contributed by atoms with Gasteiger partial charge in [0.05, 0.1) is 17.9 Å². The number of nitrogens with zero attached hydrogens (tertiary/aromatic N) is 5. The van der Waals surface area contributed by atoms with E-state index in [1.807, 2.05) is 42.4 Å². The minimum absolute atomic E-state index is 0.0827. The second-order valence-electron chi connectivity index (χ2n) is 6.97. The molecule has 0 bridgehead atoms. The van der Waals surface area contributed by atoms with Crippen LogP contribution in [0, 0.1) is 13.8 Å². The zero-order chi connectivity index (χ0) is 18.8. The summed E-state index contributed by atoms with van der Waals surface area (Å²) < 4.78 is 7.66. The van der Waals surface area contributed by atoms with E-state index < -0.39 is 0 Å². The van der Waals surface area contributed by atoms with E-state index in [-0.39, 0.29) is 11.8 Å². The van der Waals surface area contributed by atoms with Gasteiger partial charge in [0.15, 0.2) is 5.89 Å². The third-order valence-corrected chi connectivity index (χ3v) is 4.98. The Kier molecular flexibility index (Phi) is 4.75. The number of hydrogen-bond donors (Lipinski definition) is 0. The number of imidazole rings is 1. The summed E-state index contributed by atoms with van der Waals surface area (Å²) in [5, 5.41) is 0. The molecule has 1 unspecified atom stereocenters. The van der Waals surface area contributed by atoms with E-state index in [2.05, 4.69) is 19.5 Å². The Morgan fingerprint density at radius 2 is 2.15 bits per heavy atom. The number of rotatable bonds is 4. The Morgan fingerprint density at radius 1 is 1.26 bits per heavy atom. The third kappa shape index (κ3) is 3.63. The molecule has 3 aromatic heterocycles. The van der Waals surface area contributed by atoms with Gasteiger partial charge in [-0.05, 0) is 31.9 Å². The molecule has 0 saturated carbocycles. The number of pyridine rings is 1. The fourth-order valence-corrected chi connectivity index (χ4v) is 3.73. The fraction of sp³-hybridized carbons (Fsp3) is 0.400. The molecule has 0 radical (unpaired) electrons. The number of likely N-dealkylation sites (tertiary alicyclic amines) is 1. The lowest BCUT2D eigenvalue weighted by atomic mass is 9.96. The molecule has 7 heteroatoms. The van der Waals surface area contributed by atoms with Crippen LogP contribution >= 0.6 is 0 Å². The van der Waals surface area contributed by atoms with E-state index in [1.54, 1.807) is 13.1 Å². The molecule has 1 fully saturated rings. The van der Waals surface area contributed by atoms with Gasteiger partial charge in [-0.25, -0.2) is 9.97 Å². The minimum Gasteiger partial charge on any atom is -0.436 e. The van der Waals surface area contributed by atoms with Crippen LogP contribution in [0.2, 0.25) is 0 Å². The van der Waals surface area contributed by atoms with E-state index in [9.17, 15) is 4.79 Å². The SMILES string of the molecule is Cc1nc(C)c(C(=O)N2CCCC(c3nccn3Cc3ccccn3)C2)o1. The van der Waals surface area contributed by atoms with Crippen LogP contribution in [-0.4, -0.2) is 43.4 Å². The van der Waals surface area contributed by atoms with Crippen molar-refractivity contribution in [2.45, 2.75) is 39.2 Å². The molecule has 0 aromatic carbocycles. The van der Waals surface area contributed by atoms with Crippen molar-refractivity contribution in [3.63, 3.8) is 0 Å². The maximum absolute atomic E-state index is 12.9. The zero-order valence-electron chi connectivity index (χ0n) is 15.6. The summed E-state index contributed by atoms with van der Waals surface area (Å²) in [6.45, 7) is 5.62. The smallest absolute Gasteiger partial charge is 0.291 e. The van der Waals surface area contributed by atoms with Crippen LogP contribution in [0.4, 0.5) is 0 Å². The van der Waals surface area contributed by atoms with E-state index in [1.165, 1.54) is 0 Å². The summed E-state index contributed by atoms with van der Waals surface area (Å²) in [7, 11) is 0. The first kappa shape index (κ1) is 17.5. The van der Waals surface area contributed by atoms with Crippen LogP contribution < -0.4 is 0 Å². The maximum Gasteiger partial charge on any atom is 0.291 e. The fourth-order valence-electron chi connectivity index (χ4n) is 3.73. The normalized spacial score (nSPS) is 17.3. The van der Waals surface area contributed by atoms with Crippen LogP contribution in [0.1, 0.15) is 52.4 Å². The lowest BCUT2D eigenvalue weighted by Gasteiger charge is -2.32. The number of carbonyl (C=O) groups is 1. The number of aromatic nitrogens is 4. The standard InChI is InChI=1S/C20H23N5O2/c1-14-18(27-15(2)23-14)20(26)25-10-5-6-16(12-25)19-22-9-11-24(19)13-17-7-3-4-8-21-17/h3-4,7-9,11,16H,5-6,10,12-13H2,1-2H3. The van der Waals surface area contributed by atoms with Crippen molar-refractivity contribution in [1.82, 2.24) is 24.4 Å². The van der Waals surface area contributed by atoms with Crippen molar-refractivity contribution in [3.8, 4) is 0 Å². The molecule has 0 aliphatic carbocycles. The van der Waals surface area contributed by atoms with Crippen LogP contribution in [0.3, 0.4) is 0 Å². The Hall–Kier alpha value is -2.96. The average molecular weight is 365 g/mol. The predicted octanol–water partition coefficient (Wildman–Crippen LogP) is 2.95. The highest BCUT2D eigenvalue weighted by atomic mass is 16.4. The molecular weight excluding hydrogens is 342 g/mol. The lowest BCUT2D eigenvalue weighted by Crippen LogP contribution is -2.40. The van der Waals surface area contributed by atoms with Crippen molar-refractivity contribution in [2.75, 3.05) is 13.1 Å². The van der Waals surface area contributed by atoms with Crippen molar-refractivity contribution in [3.05, 3.63) is 65.7 Å². The maximum atomic E-state index is 12.9. The van der Waals surface area contributed by atoms with Gasteiger partial charge in [0.25, 0.3) is 5.91 Å². The van der Waals surface area contributed by atoms with Gasteiger partial charge in [0.2, 0.25) is 5.76 Å². The molecule has 1 amide bonds. The Balaban J connectivity index is 1.51.